The van der Waals surface area contributed by atoms with Gasteiger partial charge in [0.25, 0.3) is 0 Å². The number of esters is 1. The first-order chi connectivity index (χ1) is 4.95. The van der Waals surface area contributed by atoms with Crippen molar-refractivity contribution < 1.29 is 17.9 Å². The molecule has 11 heavy (non-hydrogen) atoms. The van der Waals surface area contributed by atoms with Crippen molar-refractivity contribution in [2.45, 2.75) is 12.2 Å². The molecular formula is C5H11NO4S. The molecule has 6 heteroatoms. The van der Waals surface area contributed by atoms with E-state index in [1.807, 2.05) is 4.72 Å². The number of nitrogens with one attached hydrogen (secondary N) is 1. The summed E-state index contributed by atoms with van der Waals surface area (Å²) in [4.78, 5) is 10.7. The van der Waals surface area contributed by atoms with Gasteiger partial charge in [-0.2, -0.15) is 0 Å². The maximum atomic E-state index is 10.9. The zero-order valence-corrected chi connectivity index (χ0v) is 7.44. The molecule has 1 N–H and O–H groups in total. The Hall–Kier alpha value is -0.620. The van der Waals surface area contributed by atoms with Gasteiger partial charge in [-0.1, -0.05) is 0 Å². The fourth-order valence-electron chi connectivity index (χ4n) is 0.469. The van der Waals surface area contributed by atoms with Crippen LogP contribution in [0.15, 0.2) is 0 Å². The highest BCUT2D eigenvalue weighted by Crippen LogP contribution is 1.98. The SMILES string of the molecule is CNS(=O)(=O)C(C)C(=O)OC. The van der Waals surface area contributed by atoms with E-state index < -0.39 is 21.2 Å². The van der Waals surface area contributed by atoms with Crippen LogP contribution in [0, 0.1) is 0 Å². The first-order valence-corrected chi connectivity index (χ1v) is 4.50. The molecule has 66 valence electrons. The van der Waals surface area contributed by atoms with Gasteiger partial charge in [0.15, 0.2) is 5.25 Å². The van der Waals surface area contributed by atoms with Crippen molar-refractivity contribution in [3.8, 4) is 0 Å². The lowest BCUT2D eigenvalue weighted by Crippen LogP contribution is -2.36. The number of carbonyl (C=O) groups excluding carboxylic acids is 1. The normalized spacial score (nSPS) is 14.1. The molecular weight excluding hydrogens is 170 g/mol. The highest BCUT2D eigenvalue weighted by Gasteiger charge is 2.26. The van der Waals surface area contributed by atoms with Crippen LogP contribution in [-0.2, 0) is 19.6 Å². The van der Waals surface area contributed by atoms with Gasteiger partial charge in [0.1, 0.15) is 0 Å². The van der Waals surface area contributed by atoms with Gasteiger partial charge in [-0.15, -0.1) is 0 Å². The van der Waals surface area contributed by atoms with Crippen molar-refractivity contribution in [2.75, 3.05) is 14.2 Å². The van der Waals surface area contributed by atoms with Crippen molar-refractivity contribution in [1.82, 2.24) is 4.72 Å². The van der Waals surface area contributed by atoms with Crippen LogP contribution in [0.5, 0.6) is 0 Å². The minimum atomic E-state index is -3.53. The number of ether oxygens (including phenoxy) is 1. The summed E-state index contributed by atoms with van der Waals surface area (Å²) in [6.07, 6.45) is 0. The second-order valence-electron chi connectivity index (χ2n) is 1.91. The molecule has 0 rings (SSSR count). The maximum absolute atomic E-state index is 10.9. The lowest BCUT2D eigenvalue weighted by atomic mass is 10.5. The van der Waals surface area contributed by atoms with E-state index in [9.17, 15) is 13.2 Å². The van der Waals surface area contributed by atoms with Crippen LogP contribution >= 0.6 is 0 Å². The van der Waals surface area contributed by atoms with E-state index in [0.29, 0.717) is 0 Å². The number of hydrogen-bond acceptors (Lipinski definition) is 4. The third-order valence-electron chi connectivity index (χ3n) is 1.28. The minimum absolute atomic E-state index is 0.764. The summed E-state index contributed by atoms with van der Waals surface area (Å²) in [6.45, 7) is 1.26. The lowest BCUT2D eigenvalue weighted by molar-refractivity contribution is -0.139. The predicted molar refractivity (Wildman–Crippen MR) is 39.5 cm³/mol. The molecule has 1 atom stereocenters. The first kappa shape index (κ1) is 10.4. The van der Waals surface area contributed by atoms with Crippen molar-refractivity contribution in [3.63, 3.8) is 0 Å². The van der Waals surface area contributed by atoms with Crippen LogP contribution in [0.3, 0.4) is 0 Å². The molecule has 0 heterocycles. The number of carbonyl (C=O) groups is 1. The van der Waals surface area contributed by atoms with E-state index in [1.54, 1.807) is 0 Å². The lowest BCUT2D eigenvalue weighted by Gasteiger charge is -2.08. The molecule has 0 amide bonds. The highest BCUT2D eigenvalue weighted by atomic mass is 32.2. The Morgan fingerprint density at radius 2 is 2.00 bits per heavy atom. The van der Waals surface area contributed by atoms with E-state index in [2.05, 4.69) is 4.74 Å². The summed E-state index contributed by atoms with van der Waals surface area (Å²) >= 11 is 0. The fourth-order valence-corrected chi connectivity index (χ4v) is 1.17. The number of rotatable bonds is 3. The molecule has 1 unspecified atom stereocenters. The van der Waals surface area contributed by atoms with Gasteiger partial charge in [0, 0.05) is 0 Å². The van der Waals surface area contributed by atoms with E-state index in [4.69, 9.17) is 0 Å². The average molecular weight is 181 g/mol. The molecule has 0 aromatic rings. The zero-order valence-electron chi connectivity index (χ0n) is 6.62. The van der Waals surface area contributed by atoms with Gasteiger partial charge in [0.05, 0.1) is 7.11 Å². The Labute approximate surface area is 65.8 Å². The van der Waals surface area contributed by atoms with Crippen molar-refractivity contribution in [1.29, 1.82) is 0 Å². The summed E-state index contributed by atoms with van der Waals surface area (Å²) in [5, 5.41) is -1.16. The Balaban J connectivity index is 4.49. The number of methoxy groups -OCH3 is 1. The van der Waals surface area contributed by atoms with Gasteiger partial charge in [-0.25, -0.2) is 13.1 Å². The summed E-state index contributed by atoms with van der Waals surface area (Å²) < 4.78 is 28.0. The summed E-state index contributed by atoms with van der Waals surface area (Å²) in [6, 6.07) is 0. The smallest absolute Gasteiger partial charge is 0.325 e. The van der Waals surface area contributed by atoms with Gasteiger partial charge >= 0.3 is 5.97 Å². The van der Waals surface area contributed by atoms with Crippen LogP contribution in [-0.4, -0.2) is 33.8 Å². The molecule has 0 saturated heterocycles. The fraction of sp³-hybridized carbons (Fsp3) is 0.800. The maximum Gasteiger partial charge on any atom is 0.325 e. The van der Waals surface area contributed by atoms with Crippen LogP contribution in [0.2, 0.25) is 0 Å². The Morgan fingerprint density at radius 3 is 2.27 bits per heavy atom. The number of hydrogen-bond donors (Lipinski definition) is 1. The zero-order chi connectivity index (χ0) is 9.07. The van der Waals surface area contributed by atoms with E-state index >= 15 is 0 Å². The van der Waals surface area contributed by atoms with Crippen LogP contribution in [0.1, 0.15) is 6.92 Å². The third kappa shape index (κ3) is 2.47. The van der Waals surface area contributed by atoms with Gasteiger partial charge in [0.2, 0.25) is 10.0 Å². The molecule has 0 fully saturated rings. The Bertz CT molecular complexity index is 233. The molecule has 0 saturated carbocycles. The van der Waals surface area contributed by atoms with Crippen molar-refractivity contribution in [3.05, 3.63) is 0 Å². The average Bonchev–Trinajstić information content (AvgIpc) is 2.01. The first-order valence-electron chi connectivity index (χ1n) is 2.96. The molecule has 0 aliphatic heterocycles. The Kier molecular flexibility index (Phi) is 3.47. The largest absolute Gasteiger partial charge is 0.468 e. The van der Waals surface area contributed by atoms with Gasteiger partial charge < -0.3 is 4.74 Å². The molecule has 0 spiro atoms. The topological polar surface area (TPSA) is 72.5 Å². The highest BCUT2D eigenvalue weighted by molar-refractivity contribution is 7.90. The van der Waals surface area contributed by atoms with Crippen LogP contribution in [0.4, 0.5) is 0 Å². The molecule has 0 radical (unpaired) electrons. The van der Waals surface area contributed by atoms with Crippen LogP contribution in [0.25, 0.3) is 0 Å². The molecule has 0 bridgehead atoms. The monoisotopic (exact) mass is 181 g/mol. The molecule has 0 aromatic carbocycles. The van der Waals surface area contributed by atoms with Crippen molar-refractivity contribution in [2.24, 2.45) is 0 Å². The second kappa shape index (κ2) is 3.68. The third-order valence-corrected chi connectivity index (χ3v) is 2.98. The molecule has 5 nitrogen and oxygen atoms in total. The van der Waals surface area contributed by atoms with E-state index in [1.165, 1.54) is 14.0 Å². The molecule has 0 aliphatic carbocycles. The molecule has 0 aromatic heterocycles. The quantitative estimate of drug-likeness (QED) is 0.572. The second-order valence-corrected chi connectivity index (χ2v) is 4.12. The van der Waals surface area contributed by atoms with Crippen LogP contribution < -0.4 is 4.72 Å². The predicted octanol–water partition coefficient (Wildman–Crippen LogP) is -0.903. The standard InChI is InChI=1S/C5H11NO4S/c1-4(5(7)10-3)11(8,9)6-2/h4,6H,1-3H3. The minimum Gasteiger partial charge on any atom is -0.468 e. The van der Waals surface area contributed by atoms with Gasteiger partial charge in [-0.05, 0) is 14.0 Å². The summed E-state index contributed by atoms with van der Waals surface area (Å²) in [7, 11) is -1.15. The summed E-state index contributed by atoms with van der Waals surface area (Å²) in [5.41, 5.74) is 0. The number of sulfonamides is 1. The van der Waals surface area contributed by atoms with E-state index in [0.717, 1.165) is 7.11 Å². The van der Waals surface area contributed by atoms with E-state index in [-0.39, 0.29) is 0 Å². The molecule has 0 aliphatic rings. The van der Waals surface area contributed by atoms with Crippen molar-refractivity contribution >= 4 is 16.0 Å². The summed E-state index contributed by atoms with van der Waals surface area (Å²) in [5.74, 6) is -0.764. The Morgan fingerprint density at radius 1 is 1.55 bits per heavy atom. The van der Waals surface area contributed by atoms with Gasteiger partial charge in [-0.3, -0.25) is 4.79 Å².